The van der Waals surface area contributed by atoms with Gasteiger partial charge < -0.3 is 9.00 Å². The summed E-state index contributed by atoms with van der Waals surface area (Å²) in [4.78, 5) is 0. The minimum atomic E-state index is -1.69. The second-order valence-electron chi connectivity index (χ2n) is 5.13. The van der Waals surface area contributed by atoms with E-state index in [0.29, 0.717) is 0 Å². The first-order chi connectivity index (χ1) is 9.71. The van der Waals surface area contributed by atoms with Gasteiger partial charge in [-0.15, -0.1) is 0 Å². The Kier molecular flexibility index (Phi) is 3.19. The summed E-state index contributed by atoms with van der Waals surface area (Å²) in [7, 11) is 0. The maximum Gasteiger partial charge on any atom is 0.649 e. The van der Waals surface area contributed by atoms with Crippen molar-refractivity contribution in [2.24, 2.45) is 0 Å². The van der Waals surface area contributed by atoms with Gasteiger partial charge in [0, 0.05) is 6.92 Å². The van der Waals surface area contributed by atoms with Gasteiger partial charge >= 0.3 is 6.55 Å². The minimum Gasteiger partial charge on any atom is -0.629 e. The normalized spacial score (nSPS) is 16.9. The van der Waals surface area contributed by atoms with E-state index >= 15 is 0 Å². The minimum absolute atomic E-state index is 0.876. The highest BCUT2D eigenvalue weighted by molar-refractivity contribution is 6.91. The van der Waals surface area contributed by atoms with E-state index in [0.717, 1.165) is 22.5 Å². The van der Waals surface area contributed by atoms with Crippen LogP contribution in [0.25, 0.3) is 0 Å². The summed E-state index contributed by atoms with van der Waals surface area (Å²) >= 11 is 0. The molecular weight excluding hydrogens is 247 g/mol. The second kappa shape index (κ2) is 5.01. The third-order valence-corrected chi connectivity index (χ3v) is 3.59. The Morgan fingerprint density at radius 3 is 1.75 bits per heavy atom. The number of hydrogen-bond acceptors (Lipinski definition) is 1. The Morgan fingerprint density at radius 1 is 0.800 bits per heavy atom. The quantitative estimate of drug-likeness (QED) is 0.602. The van der Waals surface area contributed by atoms with Crippen LogP contribution in [0.3, 0.4) is 0 Å². The van der Waals surface area contributed by atoms with Gasteiger partial charge in [-0.3, -0.25) is 0 Å². The molecule has 20 heavy (non-hydrogen) atoms. The molecule has 0 saturated heterocycles. The number of rotatable bonds is 2. The van der Waals surface area contributed by atoms with Gasteiger partial charge in [0.25, 0.3) is 5.78 Å². The molecule has 0 bridgehead atoms. The molecule has 0 amide bonds. The van der Waals surface area contributed by atoms with Gasteiger partial charge in [-0.2, -0.15) is 0 Å². The molecule has 0 aromatic heterocycles. The summed E-state index contributed by atoms with van der Waals surface area (Å²) in [5, 5.41) is 0. The zero-order valence-corrected chi connectivity index (χ0v) is 11.7. The molecule has 0 saturated carbocycles. The summed E-state index contributed by atoms with van der Waals surface area (Å²) in [6.07, 6.45) is 1.92. The van der Waals surface area contributed by atoms with E-state index in [1.807, 2.05) is 56.3 Å². The van der Waals surface area contributed by atoms with Crippen LogP contribution < -0.4 is 10.9 Å². The van der Waals surface area contributed by atoms with Crippen molar-refractivity contribution in [1.82, 2.24) is 0 Å². The molecule has 0 radical (unpaired) electrons. The molecule has 1 aliphatic rings. The molecule has 3 rings (SSSR count). The van der Waals surface area contributed by atoms with Crippen LogP contribution in [0.4, 0.5) is 0 Å². The van der Waals surface area contributed by atoms with Crippen molar-refractivity contribution < 1.29 is 9.00 Å². The van der Waals surface area contributed by atoms with E-state index in [9.17, 15) is 0 Å². The fourth-order valence-electron chi connectivity index (χ4n) is 2.78. The summed E-state index contributed by atoms with van der Waals surface area (Å²) in [5.41, 5.74) is 2.09. The lowest BCUT2D eigenvalue weighted by atomic mass is 9.46. The number of hydrogen-bond donors (Lipinski definition) is 0. The first-order valence-corrected chi connectivity index (χ1v) is 6.86. The van der Waals surface area contributed by atoms with E-state index in [1.54, 1.807) is 0 Å². The lowest BCUT2D eigenvalue weighted by molar-refractivity contribution is -0.323. The molecular formula is C17H17BO2. The van der Waals surface area contributed by atoms with E-state index in [4.69, 9.17) is 9.00 Å². The average Bonchev–Trinajstić information content (AvgIpc) is 2.48. The summed E-state index contributed by atoms with van der Waals surface area (Å²) in [6, 6.07) is 20.3. The van der Waals surface area contributed by atoms with Gasteiger partial charge in [0.1, 0.15) is 0 Å². The predicted octanol–water partition coefficient (Wildman–Crippen LogP) is 2.30. The van der Waals surface area contributed by atoms with Crippen molar-refractivity contribution >= 4 is 23.3 Å². The highest BCUT2D eigenvalue weighted by Crippen LogP contribution is 2.15. The van der Waals surface area contributed by atoms with E-state index < -0.39 is 6.55 Å². The second-order valence-corrected chi connectivity index (χ2v) is 5.13. The van der Waals surface area contributed by atoms with Gasteiger partial charge in [0.15, 0.2) is 0 Å². The van der Waals surface area contributed by atoms with Crippen molar-refractivity contribution in [2.45, 2.75) is 13.8 Å². The Morgan fingerprint density at radius 2 is 1.30 bits per heavy atom. The number of ketones is 1. The van der Waals surface area contributed by atoms with E-state index in [2.05, 4.69) is 24.3 Å². The fraction of sp³-hybridized carbons (Fsp3) is 0.118. The monoisotopic (exact) mass is 264 g/mol. The van der Waals surface area contributed by atoms with Gasteiger partial charge in [0.2, 0.25) is 0 Å². The highest BCUT2D eigenvalue weighted by Gasteiger charge is 2.49. The number of carbonyl (C=O) groups excluding carboxylic acids is 1. The maximum atomic E-state index is 6.20. The molecule has 0 unspecified atom stereocenters. The Labute approximate surface area is 119 Å². The van der Waals surface area contributed by atoms with Crippen LogP contribution in [-0.2, 0) is 9.00 Å². The number of benzene rings is 2. The van der Waals surface area contributed by atoms with Crippen molar-refractivity contribution in [2.75, 3.05) is 0 Å². The molecule has 0 spiro atoms. The molecule has 2 nitrogen and oxygen atoms in total. The molecule has 0 aliphatic carbocycles. The van der Waals surface area contributed by atoms with Crippen LogP contribution in [0.5, 0.6) is 0 Å². The van der Waals surface area contributed by atoms with E-state index in [-0.39, 0.29) is 0 Å². The standard InChI is InChI=1S/C17H17BO2/c1-14-13-15(2)20-18(19-14,16-9-5-3-6-10-16)17-11-7-4-8-12-17/h3-13H,1-2H3. The van der Waals surface area contributed by atoms with E-state index in [1.165, 1.54) is 0 Å². The lowest BCUT2D eigenvalue weighted by Crippen LogP contribution is -2.63. The lowest BCUT2D eigenvalue weighted by Gasteiger charge is -2.32. The van der Waals surface area contributed by atoms with Crippen molar-refractivity contribution in [3.63, 3.8) is 0 Å². The average molecular weight is 264 g/mol. The Hall–Kier alpha value is -2.29. The molecule has 0 fully saturated rings. The Balaban J connectivity index is 2.22. The van der Waals surface area contributed by atoms with Crippen LogP contribution in [0, 0.1) is 0 Å². The SMILES string of the molecule is CC1=CC(C)=[O+][B-](c2ccccc2)(c2ccccc2)O1. The third-order valence-electron chi connectivity index (χ3n) is 3.59. The molecule has 1 heterocycles. The fourth-order valence-corrected chi connectivity index (χ4v) is 2.78. The smallest absolute Gasteiger partial charge is 0.629 e. The molecule has 2 aromatic carbocycles. The summed E-state index contributed by atoms with van der Waals surface area (Å²) < 4.78 is 12.4. The van der Waals surface area contributed by atoms with Crippen LogP contribution in [0.1, 0.15) is 13.8 Å². The van der Waals surface area contributed by atoms with Crippen molar-refractivity contribution in [3.8, 4) is 0 Å². The zero-order valence-electron chi connectivity index (χ0n) is 11.7. The molecule has 0 atom stereocenters. The number of allylic oxidation sites excluding steroid dienone is 2. The third kappa shape index (κ3) is 2.16. The van der Waals surface area contributed by atoms with Gasteiger partial charge in [-0.05, 0) is 17.8 Å². The van der Waals surface area contributed by atoms with Crippen LogP contribution in [-0.4, -0.2) is 12.3 Å². The van der Waals surface area contributed by atoms with Gasteiger partial charge in [-0.25, -0.2) is 0 Å². The van der Waals surface area contributed by atoms with Crippen LogP contribution in [0.15, 0.2) is 72.5 Å². The van der Waals surface area contributed by atoms with Crippen molar-refractivity contribution in [1.29, 1.82) is 0 Å². The molecule has 1 aliphatic heterocycles. The molecule has 0 N–H and O–H groups in total. The van der Waals surface area contributed by atoms with Crippen LogP contribution in [0.2, 0.25) is 0 Å². The largest absolute Gasteiger partial charge is 0.649 e. The van der Waals surface area contributed by atoms with Gasteiger partial charge in [-0.1, -0.05) is 60.7 Å². The summed E-state index contributed by atoms with van der Waals surface area (Å²) in [5.74, 6) is 1.75. The molecule has 2 aromatic rings. The Bertz CT molecular complexity index is 620. The topological polar surface area (TPSA) is 20.5 Å². The first kappa shape index (κ1) is 12.7. The predicted molar refractivity (Wildman–Crippen MR) is 83.4 cm³/mol. The highest BCUT2D eigenvalue weighted by atomic mass is 16.6. The van der Waals surface area contributed by atoms with Gasteiger partial charge in [0.05, 0.1) is 11.8 Å². The maximum absolute atomic E-state index is 6.20. The molecule has 3 heteroatoms. The molecule has 100 valence electrons. The summed E-state index contributed by atoms with van der Waals surface area (Å²) in [6.45, 7) is 2.24. The van der Waals surface area contributed by atoms with Crippen molar-refractivity contribution in [3.05, 3.63) is 72.5 Å². The zero-order chi connectivity index (χ0) is 14.0. The first-order valence-electron chi connectivity index (χ1n) is 6.86. The van der Waals surface area contributed by atoms with Crippen LogP contribution >= 0.6 is 0 Å².